The van der Waals surface area contributed by atoms with Crippen molar-refractivity contribution < 1.29 is 44.7 Å². The first-order valence-corrected chi connectivity index (χ1v) is 13.3. The average molecular weight is 634 g/mol. The van der Waals surface area contributed by atoms with Gasteiger partial charge in [0.15, 0.2) is 0 Å². The van der Waals surface area contributed by atoms with E-state index >= 15 is 0 Å². The Morgan fingerprint density at radius 2 is 1.74 bits per heavy atom. The van der Waals surface area contributed by atoms with Crippen molar-refractivity contribution in [2.24, 2.45) is 0 Å². The maximum Gasteiger partial charge on any atom is 0.573 e. The topological polar surface area (TPSA) is 121 Å². The minimum Gasteiger partial charge on any atom is -0.406 e. The van der Waals surface area contributed by atoms with Gasteiger partial charge in [0.25, 0.3) is 0 Å². The maximum absolute atomic E-state index is 13.8. The second-order valence-corrected chi connectivity index (χ2v) is 10.5. The number of amides is 3. The van der Waals surface area contributed by atoms with E-state index in [2.05, 4.69) is 15.0 Å². The lowest BCUT2D eigenvalue weighted by molar-refractivity contribution is -0.274. The third-order valence-corrected chi connectivity index (χ3v) is 7.33. The number of ether oxygens (including phenoxy) is 1. The van der Waals surface area contributed by atoms with Crippen LogP contribution in [-0.2, 0) is 27.8 Å². The Hall–Kier alpha value is -4.12. The fourth-order valence-electron chi connectivity index (χ4n) is 4.17. The molecule has 17 heteroatoms. The summed E-state index contributed by atoms with van der Waals surface area (Å²) in [4.78, 5) is 31.2. The van der Waals surface area contributed by atoms with Gasteiger partial charge < -0.3 is 15.0 Å². The van der Waals surface area contributed by atoms with E-state index in [-0.39, 0.29) is 37.1 Å². The molecule has 1 aliphatic heterocycles. The van der Waals surface area contributed by atoms with Crippen molar-refractivity contribution in [3.63, 3.8) is 0 Å². The molecule has 1 aliphatic rings. The summed E-state index contributed by atoms with van der Waals surface area (Å²) in [6, 6.07) is 7.09. The van der Waals surface area contributed by atoms with E-state index in [0.29, 0.717) is 18.1 Å². The number of urea groups is 1. The Morgan fingerprint density at radius 3 is 2.36 bits per heavy atom. The highest BCUT2D eigenvalue weighted by Crippen LogP contribution is 2.27. The molecule has 42 heavy (non-hydrogen) atoms. The summed E-state index contributed by atoms with van der Waals surface area (Å²) in [5.41, 5.74) is 0.686. The van der Waals surface area contributed by atoms with Gasteiger partial charge in [-0.25, -0.2) is 27.6 Å². The van der Waals surface area contributed by atoms with Crippen LogP contribution in [-0.4, -0.2) is 51.3 Å². The van der Waals surface area contributed by atoms with Crippen LogP contribution in [0.2, 0.25) is 0 Å². The molecular formula is C25H24F5N5O5S2. The molecule has 10 nitrogen and oxygen atoms in total. The highest BCUT2D eigenvalue weighted by atomic mass is 32.2. The summed E-state index contributed by atoms with van der Waals surface area (Å²) in [5, 5.41) is 2.22. The van der Waals surface area contributed by atoms with E-state index in [9.17, 15) is 40.0 Å². The molecule has 4 rings (SSSR count). The number of alkyl halides is 3. The second-order valence-electron chi connectivity index (χ2n) is 8.86. The molecule has 3 amide bonds. The number of benzene rings is 2. The molecule has 3 aromatic rings. The average Bonchev–Trinajstić information content (AvgIpc) is 3.31. The van der Waals surface area contributed by atoms with Crippen LogP contribution < -0.4 is 24.0 Å². The van der Waals surface area contributed by atoms with Crippen LogP contribution in [0.1, 0.15) is 11.1 Å². The molecule has 0 aliphatic carbocycles. The zero-order chi connectivity index (χ0) is 29.9. The van der Waals surface area contributed by atoms with Gasteiger partial charge in [-0.2, -0.15) is 21.9 Å². The molecule has 226 valence electrons. The monoisotopic (exact) mass is 633 g/mol. The van der Waals surface area contributed by atoms with Crippen molar-refractivity contribution in [1.82, 2.24) is 15.0 Å². The van der Waals surface area contributed by atoms with E-state index in [1.165, 1.54) is 13.2 Å². The number of pyridine rings is 1. The third-order valence-electron chi connectivity index (χ3n) is 5.95. The smallest absolute Gasteiger partial charge is 0.406 e. The molecule has 0 spiro atoms. The molecule has 1 atom stereocenters. The van der Waals surface area contributed by atoms with Gasteiger partial charge in [0.1, 0.15) is 29.2 Å². The Morgan fingerprint density at radius 1 is 1.10 bits per heavy atom. The normalized spacial score (nSPS) is 13.4. The summed E-state index contributed by atoms with van der Waals surface area (Å²) < 4.78 is 97.4. The molecule has 0 radical (unpaired) electrons. The van der Waals surface area contributed by atoms with Gasteiger partial charge in [-0.15, -0.1) is 13.2 Å². The van der Waals surface area contributed by atoms with E-state index < -0.39 is 58.4 Å². The van der Waals surface area contributed by atoms with E-state index in [4.69, 9.17) is 0 Å². The molecule has 0 fully saturated rings. The summed E-state index contributed by atoms with van der Waals surface area (Å²) in [6.07, 6.45) is -3.65. The van der Waals surface area contributed by atoms with Gasteiger partial charge in [-0.05, 0) is 60.0 Å². The standard InChI is InChI=1S/C25H22F5N5O5S.H2S/c1-34(19-4-6-20(7-5-19)40-25(28,29)30)23(36)21(13-15-11-17(26)14-18(27)12-15)32-24(37)33-41(38,39)35-10-8-16-3-2-9-31-22(16)35;/h2-7,9,11-12,14,21H,8,10,13H2,1H3,(H2,32,33,37);1H2/t21-;/m0./s1. The van der Waals surface area contributed by atoms with Crippen LogP contribution in [0.25, 0.3) is 0 Å². The number of fused-ring (bicyclic) bond motifs is 1. The number of nitrogens with zero attached hydrogens (tertiary/aromatic N) is 3. The number of carbonyl (C=O) groups excluding carboxylic acids is 2. The molecule has 0 saturated heterocycles. The molecular weight excluding hydrogens is 609 g/mol. The van der Waals surface area contributed by atoms with Crippen LogP contribution in [0.15, 0.2) is 60.8 Å². The second kappa shape index (κ2) is 12.8. The van der Waals surface area contributed by atoms with Crippen LogP contribution in [0.4, 0.5) is 38.3 Å². The first kappa shape index (κ1) is 32.4. The predicted octanol–water partition coefficient (Wildman–Crippen LogP) is 3.55. The number of hydrogen-bond donors (Lipinski definition) is 2. The number of nitrogens with one attached hydrogen (secondary N) is 2. The largest absolute Gasteiger partial charge is 0.573 e. The lowest BCUT2D eigenvalue weighted by Gasteiger charge is -2.26. The molecule has 2 N–H and O–H groups in total. The summed E-state index contributed by atoms with van der Waals surface area (Å²) in [6.45, 7) is 0.0106. The van der Waals surface area contributed by atoms with Crippen molar-refractivity contribution in [2.45, 2.75) is 25.2 Å². The number of aromatic nitrogens is 1. The van der Waals surface area contributed by atoms with Crippen LogP contribution >= 0.6 is 13.5 Å². The number of hydrogen-bond acceptors (Lipinski definition) is 6. The highest BCUT2D eigenvalue weighted by molar-refractivity contribution is 7.91. The van der Waals surface area contributed by atoms with Gasteiger partial charge in [0.05, 0.1) is 0 Å². The Bertz CT molecular complexity index is 1540. The van der Waals surface area contributed by atoms with E-state index in [1.807, 2.05) is 4.72 Å². The molecule has 2 heterocycles. The fraction of sp³-hybridized carbons (Fsp3) is 0.240. The number of halogens is 5. The Balaban J connectivity index is 0.00000484. The first-order valence-electron chi connectivity index (χ1n) is 11.8. The third kappa shape index (κ3) is 8.00. The molecule has 2 aromatic carbocycles. The van der Waals surface area contributed by atoms with E-state index in [0.717, 1.165) is 45.6 Å². The van der Waals surface area contributed by atoms with Crippen molar-refractivity contribution in [3.8, 4) is 5.75 Å². The number of likely N-dealkylation sites (N-methyl/N-ethyl adjacent to an activating group) is 1. The summed E-state index contributed by atoms with van der Waals surface area (Å²) >= 11 is 0. The van der Waals surface area contributed by atoms with Gasteiger partial charge in [0.2, 0.25) is 5.91 Å². The lowest BCUT2D eigenvalue weighted by Crippen LogP contribution is -2.54. The fourth-order valence-corrected chi connectivity index (χ4v) is 5.30. The minimum absolute atomic E-state index is 0. The number of rotatable bonds is 8. The zero-order valence-corrected chi connectivity index (χ0v) is 23.5. The summed E-state index contributed by atoms with van der Waals surface area (Å²) in [7, 11) is -3.22. The van der Waals surface area contributed by atoms with Crippen molar-refractivity contribution >= 4 is 47.1 Å². The lowest BCUT2D eigenvalue weighted by atomic mass is 10.0. The van der Waals surface area contributed by atoms with Crippen molar-refractivity contribution in [3.05, 3.63) is 83.6 Å². The molecule has 0 saturated carbocycles. The Labute approximate surface area is 244 Å². The molecule has 0 unspecified atom stereocenters. The van der Waals surface area contributed by atoms with Gasteiger partial charge >= 0.3 is 22.6 Å². The number of carbonyl (C=O) groups is 2. The van der Waals surface area contributed by atoms with Crippen LogP contribution in [0.5, 0.6) is 5.75 Å². The van der Waals surface area contributed by atoms with E-state index in [1.54, 1.807) is 12.1 Å². The number of anilines is 2. The molecule has 1 aromatic heterocycles. The maximum atomic E-state index is 13.8. The van der Waals surface area contributed by atoms with Crippen LogP contribution in [0, 0.1) is 11.6 Å². The van der Waals surface area contributed by atoms with Crippen molar-refractivity contribution in [2.75, 3.05) is 22.8 Å². The first-order chi connectivity index (χ1) is 19.2. The molecule has 0 bridgehead atoms. The SMILES string of the molecule is CN(C(=O)[C@H](Cc1cc(F)cc(F)c1)NC(=O)NS(=O)(=O)N1CCc2cccnc21)c1ccc(OC(F)(F)F)cc1.S. The van der Waals surface area contributed by atoms with Gasteiger partial charge in [0, 0.05) is 38.0 Å². The minimum atomic E-state index is -4.93. The summed E-state index contributed by atoms with van der Waals surface area (Å²) in [5.74, 6) is -3.19. The van der Waals surface area contributed by atoms with Gasteiger partial charge in [-0.1, -0.05) is 6.07 Å². The zero-order valence-electron chi connectivity index (χ0n) is 21.7. The quantitative estimate of drug-likeness (QED) is 0.366. The van der Waals surface area contributed by atoms with Crippen molar-refractivity contribution in [1.29, 1.82) is 0 Å². The Kier molecular flexibility index (Phi) is 9.88. The van der Waals surface area contributed by atoms with Crippen LogP contribution in [0.3, 0.4) is 0 Å². The highest BCUT2D eigenvalue weighted by Gasteiger charge is 2.34. The predicted molar refractivity (Wildman–Crippen MR) is 147 cm³/mol. The van der Waals surface area contributed by atoms with Gasteiger partial charge in [-0.3, -0.25) is 4.79 Å².